The molecule has 0 spiro atoms. The molecule has 1 fully saturated rings. The Morgan fingerprint density at radius 1 is 1.39 bits per heavy atom. The predicted molar refractivity (Wildman–Crippen MR) is 87.2 cm³/mol. The van der Waals surface area contributed by atoms with Crippen molar-refractivity contribution in [2.75, 3.05) is 45.1 Å². The minimum Gasteiger partial charge on any atom is -0.354 e. The third-order valence-electron chi connectivity index (χ3n) is 3.43. The van der Waals surface area contributed by atoms with Gasteiger partial charge in [0.05, 0.1) is 30.3 Å². The van der Waals surface area contributed by atoms with Gasteiger partial charge in [-0.25, -0.2) is 0 Å². The Morgan fingerprint density at radius 3 is 2.83 bits per heavy atom. The molecular weight excluding hydrogens is 320 g/mol. The van der Waals surface area contributed by atoms with Crippen LogP contribution in [0.2, 0.25) is 5.02 Å². The number of hydrogen-bond donors (Lipinski definition) is 2. The number of nitrogens with zero attached hydrogens (tertiary/aromatic N) is 2. The minimum atomic E-state index is -0.328. The van der Waals surface area contributed by atoms with Gasteiger partial charge in [-0.1, -0.05) is 23.7 Å². The number of halogens is 1. The van der Waals surface area contributed by atoms with E-state index in [0.717, 1.165) is 0 Å². The van der Waals surface area contributed by atoms with Crippen molar-refractivity contribution in [1.29, 1.82) is 0 Å². The standard InChI is InChI=1S/C15H19ClN4O3/c1-19(15(23)10-20-7-6-17-13(21)9-20)8-14(22)18-12-5-3-2-4-11(12)16/h2-5H,6-10H2,1H3,(H,17,21)(H,18,22). The molecule has 0 unspecified atom stereocenters. The molecule has 0 saturated carbocycles. The van der Waals surface area contributed by atoms with E-state index in [1.54, 1.807) is 36.2 Å². The van der Waals surface area contributed by atoms with Gasteiger partial charge in [-0.05, 0) is 12.1 Å². The Morgan fingerprint density at radius 2 is 2.13 bits per heavy atom. The average molecular weight is 339 g/mol. The van der Waals surface area contributed by atoms with Crippen LogP contribution in [0.25, 0.3) is 0 Å². The predicted octanol–water partition coefficient (Wildman–Crippen LogP) is 0.169. The van der Waals surface area contributed by atoms with Gasteiger partial charge < -0.3 is 15.5 Å². The lowest BCUT2D eigenvalue weighted by atomic mass is 10.3. The van der Waals surface area contributed by atoms with E-state index in [1.807, 2.05) is 0 Å². The van der Waals surface area contributed by atoms with E-state index in [4.69, 9.17) is 11.6 Å². The van der Waals surface area contributed by atoms with E-state index in [-0.39, 0.29) is 37.4 Å². The van der Waals surface area contributed by atoms with Gasteiger partial charge in [0.2, 0.25) is 17.7 Å². The van der Waals surface area contributed by atoms with Gasteiger partial charge in [-0.3, -0.25) is 19.3 Å². The molecule has 1 heterocycles. The summed E-state index contributed by atoms with van der Waals surface area (Å²) in [5, 5.41) is 5.80. The summed E-state index contributed by atoms with van der Waals surface area (Å²) < 4.78 is 0. The number of nitrogens with one attached hydrogen (secondary N) is 2. The van der Waals surface area contributed by atoms with Crippen LogP contribution in [-0.4, -0.2) is 67.3 Å². The number of rotatable bonds is 5. The first-order valence-corrected chi connectivity index (χ1v) is 7.61. The highest BCUT2D eigenvalue weighted by Crippen LogP contribution is 2.20. The zero-order chi connectivity index (χ0) is 16.8. The third kappa shape index (κ3) is 5.22. The molecule has 1 aromatic carbocycles. The normalized spacial score (nSPS) is 15.0. The molecule has 0 radical (unpaired) electrons. The summed E-state index contributed by atoms with van der Waals surface area (Å²) in [6.45, 7) is 1.39. The van der Waals surface area contributed by atoms with E-state index in [9.17, 15) is 14.4 Å². The van der Waals surface area contributed by atoms with Crippen molar-refractivity contribution < 1.29 is 14.4 Å². The molecular formula is C15H19ClN4O3. The van der Waals surface area contributed by atoms with Crippen molar-refractivity contribution in [2.24, 2.45) is 0 Å². The highest BCUT2D eigenvalue weighted by atomic mass is 35.5. The number of amides is 3. The van der Waals surface area contributed by atoms with Crippen molar-refractivity contribution in [3.05, 3.63) is 29.3 Å². The largest absolute Gasteiger partial charge is 0.354 e. The fraction of sp³-hybridized carbons (Fsp3) is 0.400. The highest BCUT2D eigenvalue weighted by Gasteiger charge is 2.21. The SMILES string of the molecule is CN(CC(=O)Nc1ccccc1Cl)C(=O)CN1CCNC(=O)C1. The lowest BCUT2D eigenvalue weighted by Gasteiger charge is -2.27. The molecule has 2 rings (SSSR count). The molecule has 0 aliphatic carbocycles. The average Bonchev–Trinajstić information content (AvgIpc) is 2.49. The Labute approximate surface area is 139 Å². The molecule has 7 nitrogen and oxygen atoms in total. The minimum absolute atomic E-state index is 0.0793. The van der Waals surface area contributed by atoms with Crippen LogP contribution in [0, 0.1) is 0 Å². The Kier molecular flexibility index (Phi) is 5.95. The lowest BCUT2D eigenvalue weighted by Crippen LogP contribution is -2.51. The molecule has 3 amide bonds. The zero-order valence-corrected chi connectivity index (χ0v) is 13.6. The summed E-state index contributed by atoms with van der Waals surface area (Å²) in [7, 11) is 1.55. The van der Waals surface area contributed by atoms with Gasteiger partial charge in [0.15, 0.2) is 0 Å². The van der Waals surface area contributed by atoms with Crippen LogP contribution in [0.4, 0.5) is 5.69 Å². The maximum absolute atomic E-state index is 12.1. The molecule has 1 saturated heterocycles. The topological polar surface area (TPSA) is 81.8 Å². The van der Waals surface area contributed by atoms with Crippen LogP contribution in [0.3, 0.4) is 0 Å². The maximum Gasteiger partial charge on any atom is 0.244 e. The van der Waals surface area contributed by atoms with Crippen molar-refractivity contribution in [3.8, 4) is 0 Å². The fourth-order valence-corrected chi connectivity index (χ4v) is 2.38. The summed E-state index contributed by atoms with van der Waals surface area (Å²) in [4.78, 5) is 38.5. The molecule has 1 aliphatic rings. The van der Waals surface area contributed by atoms with Crippen LogP contribution < -0.4 is 10.6 Å². The van der Waals surface area contributed by atoms with E-state index in [1.165, 1.54) is 4.90 Å². The van der Waals surface area contributed by atoms with E-state index >= 15 is 0 Å². The zero-order valence-electron chi connectivity index (χ0n) is 12.8. The summed E-state index contributed by atoms with van der Waals surface area (Å²) in [6, 6.07) is 6.89. The number of anilines is 1. The van der Waals surface area contributed by atoms with Gasteiger partial charge >= 0.3 is 0 Å². The monoisotopic (exact) mass is 338 g/mol. The van der Waals surface area contributed by atoms with Crippen molar-refractivity contribution in [3.63, 3.8) is 0 Å². The molecule has 2 N–H and O–H groups in total. The number of likely N-dealkylation sites (N-methyl/N-ethyl adjacent to an activating group) is 1. The van der Waals surface area contributed by atoms with Crippen LogP contribution in [0.5, 0.6) is 0 Å². The van der Waals surface area contributed by atoms with Crippen molar-refractivity contribution in [2.45, 2.75) is 0 Å². The van der Waals surface area contributed by atoms with Crippen LogP contribution in [-0.2, 0) is 14.4 Å². The fourth-order valence-electron chi connectivity index (χ4n) is 2.19. The van der Waals surface area contributed by atoms with E-state index < -0.39 is 0 Å². The number of piperazine rings is 1. The van der Waals surface area contributed by atoms with Crippen LogP contribution >= 0.6 is 11.6 Å². The van der Waals surface area contributed by atoms with Gasteiger partial charge in [0.1, 0.15) is 0 Å². The first-order valence-electron chi connectivity index (χ1n) is 7.23. The molecule has 0 aromatic heterocycles. The molecule has 0 bridgehead atoms. The van der Waals surface area contributed by atoms with Gasteiger partial charge in [0.25, 0.3) is 0 Å². The number of carbonyl (C=O) groups is 3. The number of benzene rings is 1. The number of para-hydroxylation sites is 1. The van der Waals surface area contributed by atoms with Gasteiger partial charge in [-0.15, -0.1) is 0 Å². The maximum atomic E-state index is 12.1. The van der Waals surface area contributed by atoms with E-state index in [2.05, 4.69) is 10.6 Å². The van der Waals surface area contributed by atoms with Gasteiger partial charge in [0, 0.05) is 20.1 Å². The van der Waals surface area contributed by atoms with Crippen LogP contribution in [0.15, 0.2) is 24.3 Å². The van der Waals surface area contributed by atoms with Crippen molar-refractivity contribution in [1.82, 2.24) is 15.1 Å². The summed E-state index contributed by atoms with van der Waals surface area (Å²) in [6.07, 6.45) is 0. The number of hydrogen-bond acceptors (Lipinski definition) is 4. The Bertz CT molecular complexity index is 608. The second-order valence-electron chi connectivity index (χ2n) is 5.34. The molecule has 0 atom stereocenters. The smallest absolute Gasteiger partial charge is 0.244 e. The summed E-state index contributed by atoms with van der Waals surface area (Å²) in [5.41, 5.74) is 0.507. The molecule has 8 heteroatoms. The Balaban J connectivity index is 1.82. The van der Waals surface area contributed by atoms with Crippen molar-refractivity contribution >= 4 is 35.0 Å². The second-order valence-corrected chi connectivity index (χ2v) is 5.75. The molecule has 124 valence electrons. The second kappa shape index (κ2) is 7.94. The molecule has 1 aromatic rings. The highest BCUT2D eigenvalue weighted by molar-refractivity contribution is 6.33. The third-order valence-corrected chi connectivity index (χ3v) is 3.76. The van der Waals surface area contributed by atoms with Crippen LogP contribution in [0.1, 0.15) is 0 Å². The Hall–Kier alpha value is -2.12. The van der Waals surface area contributed by atoms with E-state index in [0.29, 0.717) is 23.8 Å². The quantitative estimate of drug-likeness (QED) is 0.802. The lowest BCUT2D eigenvalue weighted by molar-refractivity contribution is -0.135. The van der Waals surface area contributed by atoms with Gasteiger partial charge in [-0.2, -0.15) is 0 Å². The summed E-state index contributed by atoms with van der Waals surface area (Å²) >= 11 is 5.97. The summed E-state index contributed by atoms with van der Waals surface area (Å²) in [5.74, 6) is -0.637. The first-order chi connectivity index (χ1) is 11.0. The number of carbonyl (C=O) groups excluding carboxylic acids is 3. The first kappa shape index (κ1) is 17.2. The molecule has 1 aliphatic heterocycles. The molecule has 23 heavy (non-hydrogen) atoms.